The summed E-state index contributed by atoms with van der Waals surface area (Å²) < 4.78 is 5.97. The molecule has 1 heterocycles. The first-order chi connectivity index (χ1) is 12.2. The molecule has 0 fully saturated rings. The third-order valence-corrected chi connectivity index (χ3v) is 5.52. The lowest BCUT2D eigenvalue weighted by Crippen LogP contribution is -2.41. The molecule has 1 aliphatic heterocycles. The van der Waals surface area contributed by atoms with Gasteiger partial charge in [0.15, 0.2) is 0 Å². The summed E-state index contributed by atoms with van der Waals surface area (Å²) in [7, 11) is 0. The SMILES string of the molecule is C[C@H](NC(=O)c1ccc2c(c1)OCC2(C)Cc1ccccc1)C(C)(C)C. The van der Waals surface area contributed by atoms with Crippen molar-refractivity contribution in [3.05, 3.63) is 65.2 Å². The molecule has 0 spiro atoms. The van der Waals surface area contributed by atoms with Crippen LogP contribution < -0.4 is 10.1 Å². The number of ether oxygens (including phenoxy) is 1. The van der Waals surface area contributed by atoms with E-state index in [1.165, 1.54) is 11.1 Å². The second kappa shape index (κ2) is 6.79. The van der Waals surface area contributed by atoms with Gasteiger partial charge in [-0.1, -0.05) is 64.1 Å². The molecular weight excluding hydrogens is 322 g/mol. The van der Waals surface area contributed by atoms with Gasteiger partial charge in [0.25, 0.3) is 5.91 Å². The van der Waals surface area contributed by atoms with Gasteiger partial charge in [0.1, 0.15) is 5.75 Å². The van der Waals surface area contributed by atoms with E-state index in [9.17, 15) is 4.79 Å². The Morgan fingerprint density at radius 1 is 1.19 bits per heavy atom. The first-order valence-corrected chi connectivity index (χ1v) is 9.31. The molecule has 2 aromatic carbocycles. The average Bonchev–Trinajstić information content (AvgIpc) is 2.91. The van der Waals surface area contributed by atoms with Crippen LogP contribution in [-0.2, 0) is 11.8 Å². The number of hydrogen-bond donors (Lipinski definition) is 1. The van der Waals surface area contributed by atoms with Gasteiger partial charge in [-0.3, -0.25) is 4.79 Å². The zero-order chi connectivity index (χ0) is 18.9. The Morgan fingerprint density at radius 3 is 2.54 bits per heavy atom. The van der Waals surface area contributed by atoms with Crippen LogP contribution in [0.25, 0.3) is 0 Å². The Hall–Kier alpha value is -2.29. The Morgan fingerprint density at radius 2 is 1.88 bits per heavy atom. The highest BCUT2D eigenvalue weighted by Crippen LogP contribution is 2.41. The summed E-state index contributed by atoms with van der Waals surface area (Å²) >= 11 is 0. The third-order valence-electron chi connectivity index (χ3n) is 5.52. The van der Waals surface area contributed by atoms with Crippen molar-refractivity contribution in [3.63, 3.8) is 0 Å². The standard InChI is InChI=1S/C23H29NO2/c1-16(22(2,3)4)24-21(25)18-11-12-19-20(13-18)26-15-23(19,5)14-17-9-7-6-8-10-17/h6-13,16H,14-15H2,1-5H3,(H,24,25)/t16-,23?/m0/s1. The lowest BCUT2D eigenvalue weighted by Gasteiger charge is -2.28. The quantitative estimate of drug-likeness (QED) is 0.864. The number of carbonyl (C=O) groups excluding carboxylic acids is 1. The molecule has 26 heavy (non-hydrogen) atoms. The van der Waals surface area contributed by atoms with E-state index in [4.69, 9.17) is 4.74 Å². The highest BCUT2D eigenvalue weighted by molar-refractivity contribution is 5.95. The second-order valence-electron chi connectivity index (χ2n) is 8.78. The highest BCUT2D eigenvalue weighted by atomic mass is 16.5. The number of carbonyl (C=O) groups is 1. The molecule has 0 saturated carbocycles. The normalized spacial score (nSPS) is 20.2. The van der Waals surface area contributed by atoms with E-state index < -0.39 is 0 Å². The van der Waals surface area contributed by atoms with E-state index >= 15 is 0 Å². The van der Waals surface area contributed by atoms with Crippen LogP contribution in [0.2, 0.25) is 0 Å². The van der Waals surface area contributed by atoms with Crippen LogP contribution in [-0.4, -0.2) is 18.6 Å². The Labute approximate surface area is 156 Å². The molecule has 138 valence electrons. The van der Waals surface area contributed by atoms with Crippen molar-refractivity contribution < 1.29 is 9.53 Å². The molecule has 0 radical (unpaired) electrons. The van der Waals surface area contributed by atoms with Gasteiger partial charge < -0.3 is 10.1 Å². The number of fused-ring (bicyclic) bond motifs is 1. The summed E-state index contributed by atoms with van der Waals surface area (Å²) in [6.07, 6.45) is 0.924. The average molecular weight is 351 g/mol. The van der Waals surface area contributed by atoms with Crippen molar-refractivity contribution in [3.8, 4) is 5.75 Å². The minimum atomic E-state index is -0.0651. The Balaban J connectivity index is 1.79. The van der Waals surface area contributed by atoms with Crippen molar-refractivity contribution >= 4 is 5.91 Å². The van der Waals surface area contributed by atoms with E-state index in [-0.39, 0.29) is 22.8 Å². The number of benzene rings is 2. The van der Waals surface area contributed by atoms with Crippen LogP contribution in [0.15, 0.2) is 48.5 Å². The lowest BCUT2D eigenvalue weighted by molar-refractivity contribution is 0.0910. The van der Waals surface area contributed by atoms with E-state index in [1.54, 1.807) is 0 Å². The van der Waals surface area contributed by atoms with Gasteiger partial charge in [-0.25, -0.2) is 0 Å². The predicted molar refractivity (Wildman–Crippen MR) is 106 cm³/mol. The van der Waals surface area contributed by atoms with Crippen LogP contribution in [0.1, 0.15) is 56.1 Å². The number of amides is 1. The topological polar surface area (TPSA) is 38.3 Å². The molecule has 1 N–H and O–H groups in total. The second-order valence-corrected chi connectivity index (χ2v) is 8.78. The van der Waals surface area contributed by atoms with E-state index in [2.05, 4.69) is 63.3 Å². The fraction of sp³-hybridized carbons (Fsp3) is 0.435. The molecule has 2 atom stereocenters. The molecule has 2 aromatic rings. The van der Waals surface area contributed by atoms with Crippen molar-refractivity contribution in [1.29, 1.82) is 0 Å². The van der Waals surface area contributed by atoms with E-state index in [0.717, 1.165) is 12.2 Å². The molecule has 0 aromatic heterocycles. The first kappa shape index (κ1) is 18.5. The van der Waals surface area contributed by atoms with E-state index in [0.29, 0.717) is 12.2 Å². The number of rotatable bonds is 4. The molecule has 1 aliphatic rings. The minimum absolute atomic E-state index is 0.0249. The van der Waals surface area contributed by atoms with Crippen molar-refractivity contribution in [2.75, 3.05) is 6.61 Å². The maximum Gasteiger partial charge on any atom is 0.251 e. The molecule has 0 saturated heterocycles. The fourth-order valence-corrected chi connectivity index (χ4v) is 3.29. The molecule has 0 bridgehead atoms. The predicted octanol–water partition coefficient (Wildman–Crippen LogP) is 4.74. The van der Waals surface area contributed by atoms with Crippen LogP contribution in [0.3, 0.4) is 0 Å². The summed E-state index contributed by atoms with van der Waals surface area (Å²) in [6, 6.07) is 16.4. The van der Waals surface area contributed by atoms with Crippen LogP contribution in [0.5, 0.6) is 5.75 Å². The number of hydrogen-bond acceptors (Lipinski definition) is 2. The van der Waals surface area contributed by atoms with Gasteiger partial charge in [0.2, 0.25) is 0 Å². The zero-order valence-electron chi connectivity index (χ0n) is 16.4. The lowest BCUT2D eigenvalue weighted by atomic mass is 9.79. The molecule has 1 amide bonds. The van der Waals surface area contributed by atoms with Crippen LogP contribution in [0, 0.1) is 5.41 Å². The summed E-state index contributed by atoms with van der Waals surface area (Å²) in [5.41, 5.74) is 3.10. The molecule has 3 rings (SSSR count). The largest absolute Gasteiger partial charge is 0.492 e. The Kier molecular flexibility index (Phi) is 4.83. The van der Waals surface area contributed by atoms with Crippen LogP contribution >= 0.6 is 0 Å². The van der Waals surface area contributed by atoms with Gasteiger partial charge in [0.05, 0.1) is 6.61 Å². The summed E-state index contributed by atoms with van der Waals surface area (Å²) in [5.74, 6) is 0.787. The van der Waals surface area contributed by atoms with Gasteiger partial charge in [0, 0.05) is 22.6 Å². The highest BCUT2D eigenvalue weighted by Gasteiger charge is 2.37. The van der Waals surface area contributed by atoms with Gasteiger partial charge in [-0.2, -0.15) is 0 Å². The molecule has 3 heteroatoms. The number of nitrogens with one attached hydrogen (secondary N) is 1. The van der Waals surface area contributed by atoms with Crippen LogP contribution in [0.4, 0.5) is 0 Å². The summed E-state index contributed by atoms with van der Waals surface area (Å²) in [4.78, 5) is 12.6. The molecule has 3 nitrogen and oxygen atoms in total. The van der Waals surface area contributed by atoms with Gasteiger partial charge in [-0.15, -0.1) is 0 Å². The first-order valence-electron chi connectivity index (χ1n) is 9.31. The van der Waals surface area contributed by atoms with Gasteiger partial charge >= 0.3 is 0 Å². The minimum Gasteiger partial charge on any atom is -0.492 e. The van der Waals surface area contributed by atoms with Gasteiger partial charge in [-0.05, 0) is 36.5 Å². The van der Waals surface area contributed by atoms with Crippen molar-refractivity contribution in [1.82, 2.24) is 5.32 Å². The fourth-order valence-electron chi connectivity index (χ4n) is 3.29. The molecule has 0 aliphatic carbocycles. The van der Waals surface area contributed by atoms with Crippen molar-refractivity contribution in [2.24, 2.45) is 5.41 Å². The summed E-state index contributed by atoms with van der Waals surface area (Å²) in [5, 5.41) is 3.09. The molecule has 1 unspecified atom stereocenters. The monoisotopic (exact) mass is 351 g/mol. The zero-order valence-corrected chi connectivity index (χ0v) is 16.4. The maximum atomic E-state index is 12.6. The smallest absolute Gasteiger partial charge is 0.251 e. The Bertz CT molecular complexity index is 792. The van der Waals surface area contributed by atoms with E-state index in [1.807, 2.05) is 25.1 Å². The van der Waals surface area contributed by atoms with Crippen molar-refractivity contribution in [2.45, 2.75) is 52.5 Å². The molecular formula is C23H29NO2. The third kappa shape index (κ3) is 3.77. The summed E-state index contributed by atoms with van der Waals surface area (Å²) in [6.45, 7) is 11.3. The maximum absolute atomic E-state index is 12.6.